The lowest BCUT2D eigenvalue weighted by Crippen LogP contribution is -2.19. The van der Waals surface area contributed by atoms with Crippen molar-refractivity contribution in [3.8, 4) is 11.5 Å². The molecule has 13 heteroatoms. The first-order chi connectivity index (χ1) is 17.4. The third kappa shape index (κ3) is 6.01. The van der Waals surface area contributed by atoms with E-state index in [1.54, 1.807) is 50.9 Å². The normalized spacial score (nSPS) is 10.3. The Morgan fingerprint density at radius 1 is 1.14 bits per heavy atom. The van der Waals surface area contributed by atoms with E-state index in [4.69, 9.17) is 30.8 Å². The molecule has 4 aromatic rings. The van der Waals surface area contributed by atoms with E-state index in [1.165, 1.54) is 0 Å². The number of fused-ring (bicyclic) bond motifs is 2. The SMILES string of the molecule is CNCCNc1nc(N)c2cc(OC)c(OC)cc2n1.N=C(C=O)OC(=N)c1c[nH]c2ncccc12. The second-order valence-electron chi connectivity index (χ2n) is 7.20. The fraction of sp³-hybridized carbons (Fsp3) is 0.217. The fourth-order valence-electron chi connectivity index (χ4n) is 3.19. The van der Waals surface area contributed by atoms with Gasteiger partial charge in [-0.05, 0) is 25.2 Å². The van der Waals surface area contributed by atoms with Crippen molar-refractivity contribution in [1.82, 2.24) is 25.3 Å². The lowest BCUT2D eigenvalue weighted by Gasteiger charge is -2.11. The summed E-state index contributed by atoms with van der Waals surface area (Å²) >= 11 is 0. The van der Waals surface area contributed by atoms with Crippen LogP contribution in [0.3, 0.4) is 0 Å². The number of aldehydes is 1. The number of aromatic amines is 1. The van der Waals surface area contributed by atoms with Gasteiger partial charge in [0.05, 0.1) is 25.3 Å². The first kappa shape index (κ1) is 25.8. The molecule has 1 aromatic carbocycles. The quantitative estimate of drug-likeness (QED) is 0.0912. The van der Waals surface area contributed by atoms with Gasteiger partial charge < -0.3 is 35.6 Å². The molecule has 0 aliphatic heterocycles. The van der Waals surface area contributed by atoms with Gasteiger partial charge in [-0.1, -0.05) is 0 Å². The number of pyridine rings is 1. The van der Waals surface area contributed by atoms with E-state index in [1.807, 2.05) is 7.05 Å². The van der Waals surface area contributed by atoms with Crippen molar-refractivity contribution >= 4 is 51.8 Å². The number of nitrogens with two attached hydrogens (primary N) is 1. The zero-order valence-corrected chi connectivity index (χ0v) is 20.0. The number of methoxy groups -OCH3 is 2. The third-order valence-corrected chi connectivity index (χ3v) is 4.90. The number of carbonyl (C=O) groups is 1. The van der Waals surface area contributed by atoms with Gasteiger partial charge >= 0.3 is 0 Å². The van der Waals surface area contributed by atoms with Crippen LogP contribution in [0.1, 0.15) is 5.56 Å². The molecular formula is C23H27N9O4. The summed E-state index contributed by atoms with van der Waals surface area (Å²) in [5, 5.41) is 22.2. The molecule has 0 spiro atoms. The predicted octanol–water partition coefficient (Wildman–Crippen LogP) is 1.94. The van der Waals surface area contributed by atoms with Crippen molar-refractivity contribution in [2.75, 3.05) is 45.4 Å². The van der Waals surface area contributed by atoms with Crippen LogP contribution in [0.2, 0.25) is 0 Å². The van der Waals surface area contributed by atoms with Crippen molar-refractivity contribution in [1.29, 1.82) is 10.8 Å². The Kier molecular flexibility index (Phi) is 8.67. The molecule has 13 nitrogen and oxygen atoms in total. The average Bonchev–Trinajstić information content (AvgIpc) is 3.33. The highest BCUT2D eigenvalue weighted by atomic mass is 16.5. The lowest BCUT2D eigenvalue weighted by molar-refractivity contribution is -0.103. The molecule has 0 aliphatic rings. The van der Waals surface area contributed by atoms with Crippen LogP contribution < -0.4 is 25.8 Å². The number of carbonyl (C=O) groups excluding carboxylic acids is 1. The second-order valence-corrected chi connectivity index (χ2v) is 7.20. The molecule has 0 atom stereocenters. The van der Waals surface area contributed by atoms with E-state index < -0.39 is 5.90 Å². The largest absolute Gasteiger partial charge is 0.493 e. The zero-order valence-electron chi connectivity index (χ0n) is 20.0. The van der Waals surface area contributed by atoms with Gasteiger partial charge in [0, 0.05) is 42.3 Å². The molecule has 7 N–H and O–H groups in total. The number of hydrogen-bond donors (Lipinski definition) is 6. The highest BCUT2D eigenvalue weighted by molar-refractivity contribution is 6.26. The Morgan fingerprint density at radius 2 is 1.89 bits per heavy atom. The summed E-state index contributed by atoms with van der Waals surface area (Å²) in [6.07, 6.45) is 3.42. The van der Waals surface area contributed by atoms with Gasteiger partial charge in [0.1, 0.15) is 11.5 Å². The maximum Gasteiger partial charge on any atom is 0.254 e. The summed E-state index contributed by atoms with van der Waals surface area (Å²) in [7, 11) is 5.04. The summed E-state index contributed by atoms with van der Waals surface area (Å²) < 4.78 is 15.2. The molecule has 36 heavy (non-hydrogen) atoms. The minimum absolute atomic E-state index is 0.238. The molecular weight excluding hydrogens is 466 g/mol. The Bertz CT molecular complexity index is 1390. The van der Waals surface area contributed by atoms with Gasteiger partial charge in [-0.3, -0.25) is 15.6 Å². The topological polar surface area (TPSA) is 197 Å². The van der Waals surface area contributed by atoms with E-state index in [0.29, 0.717) is 45.4 Å². The number of nitrogens with zero attached hydrogens (tertiary/aromatic N) is 3. The Balaban J connectivity index is 0.000000205. The van der Waals surface area contributed by atoms with Gasteiger partial charge in [0.15, 0.2) is 11.5 Å². The lowest BCUT2D eigenvalue weighted by atomic mass is 10.2. The highest BCUT2D eigenvalue weighted by Gasteiger charge is 2.12. The zero-order chi connectivity index (χ0) is 26.1. The Labute approximate surface area is 206 Å². The smallest absolute Gasteiger partial charge is 0.254 e. The van der Waals surface area contributed by atoms with E-state index >= 15 is 0 Å². The second kappa shape index (κ2) is 12.1. The van der Waals surface area contributed by atoms with E-state index in [0.717, 1.165) is 18.5 Å². The average molecular weight is 494 g/mol. The minimum atomic E-state index is -0.594. The van der Waals surface area contributed by atoms with Crippen LogP contribution in [0.5, 0.6) is 11.5 Å². The molecule has 188 valence electrons. The summed E-state index contributed by atoms with van der Waals surface area (Å²) in [4.78, 5) is 25.8. The predicted molar refractivity (Wildman–Crippen MR) is 137 cm³/mol. The molecule has 0 amide bonds. The molecule has 4 rings (SSSR count). The summed E-state index contributed by atoms with van der Waals surface area (Å²) in [5.74, 6) is 1.27. The van der Waals surface area contributed by atoms with Gasteiger partial charge in [-0.2, -0.15) is 4.98 Å². The standard InChI is InChI=1S/C13H19N5O2.C10H8N4O2/c1-15-4-5-16-13-17-9-7-11(20-3)10(19-2)6-8(9)12(14)18-13;11-8(5-15)16-9(12)7-4-14-10-6(7)2-1-3-13-10/h6-7,15H,4-5H2,1-3H3,(H3,14,16,17,18);1-5,11-12H,(H,13,14). The van der Waals surface area contributed by atoms with Crippen molar-refractivity contribution in [3.63, 3.8) is 0 Å². The number of nitrogens with one attached hydrogen (secondary N) is 5. The number of anilines is 2. The Hall–Kier alpha value is -4.78. The monoisotopic (exact) mass is 493 g/mol. The maximum atomic E-state index is 10.2. The van der Waals surface area contributed by atoms with Gasteiger partial charge in [-0.25, -0.2) is 9.97 Å². The number of hydrogen-bond acceptors (Lipinski definition) is 12. The molecule has 0 bridgehead atoms. The number of nitrogen functional groups attached to an aromatic ring is 1. The highest BCUT2D eigenvalue weighted by Crippen LogP contribution is 2.33. The van der Waals surface area contributed by atoms with Crippen molar-refractivity contribution in [2.45, 2.75) is 0 Å². The van der Waals surface area contributed by atoms with Crippen LogP contribution >= 0.6 is 0 Å². The van der Waals surface area contributed by atoms with Gasteiger partial charge in [0.2, 0.25) is 18.1 Å². The molecule has 0 saturated heterocycles. The van der Waals surface area contributed by atoms with Crippen LogP contribution in [0.15, 0.2) is 36.7 Å². The summed E-state index contributed by atoms with van der Waals surface area (Å²) in [6.45, 7) is 1.53. The molecule has 0 unspecified atom stereocenters. The van der Waals surface area contributed by atoms with Crippen LogP contribution in [0.25, 0.3) is 21.9 Å². The number of benzene rings is 1. The number of ether oxygens (including phenoxy) is 3. The van der Waals surface area contributed by atoms with Crippen molar-refractivity contribution < 1.29 is 19.0 Å². The van der Waals surface area contributed by atoms with Crippen molar-refractivity contribution in [2.24, 2.45) is 0 Å². The fourth-order valence-corrected chi connectivity index (χ4v) is 3.19. The van der Waals surface area contributed by atoms with Gasteiger partial charge in [-0.15, -0.1) is 0 Å². The molecule has 0 saturated carbocycles. The number of H-pyrrole nitrogens is 1. The van der Waals surface area contributed by atoms with Crippen LogP contribution in [0, 0.1) is 10.8 Å². The molecule has 0 radical (unpaired) electrons. The first-order valence-electron chi connectivity index (χ1n) is 10.7. The molecule has 0 aliphatic carbocycles. The molecule has 3 aromatic heterocycles. The molecule has 0 fully saturated rings. The van der Waals surface area contributed by atoms with Crippen LogP contribution in [-0.2, 0) is 9.53 Å². The summed E-state index contributed by atoms with van der Waals surface area (Å²) in [6, 6.07) is 7.07. The number of aromatic nitrogens is 4. The van der Waals surface area contributed by atoms with E-state index in [2.05, 4.69) is 30.6 Å². The minimum Gasteiger partial charge on any atom is -0.493 e. The van der Waals surface area contributed by atoms with Crippen LogP contribution in [0.4, 0.5) is 11.8 Å². The summed E-state index contributed by atoms with van der Waals surface area (Å²) in [5.41, 5.74) is 7.78. The number of rotatable bonds is 8. The van der Waals surface area contributed by atoms with E-state index in [9.17, 15) is 4.79 Å². The first-order valence-corrected chi connectivity index (χ1v) is 10.7. The van der Waals surface area contributed by atoms with E-state index in [-0.39, 0.29) is 12.2 Å². The maximum absolute atomic E-state index is 10.2. The van der Waals surface area contributed by atoms with Crippen molar-refractivity contribution in [3.05, 3.63) is 42.2 Å². The Morgan fingerprint density at radius 3 is 2.58 bits per heavy atom. The molecule has 3 heterocycles. The van der Waals surface area contributed by atoms with Crippen LogP contribution in [-0.4, -0.2) is 72.4 Å². The number of likely N-dealkylation sites (N-methyl/N-ethyl adjacent to an activating group) is 1. The van der Waals surface area contributed by atoms with Gasteiger partial charge in [0.25, 0.3) is 5.90 Å². The third-order valence-electron chi connectivity index (χ3n) is 4.90.